The number of carbonyl (C=O) groups excluding carboxylic acids is 2. The highest BCUT2D eigenvalue weighted by Gasteiger charge is 2.21. The summed E-state index contributed by atoms with van der Waals surface area (Å²) in [4.78, 5) is 23.5. The Balaban J connectivity index is 1.72. The molecular weight excluding hydrogens is 258 g/mol. The number of esters is 1. The highest BCUT2D eigenvalue weighted by Crippen LogP contribution is 2.23. The van der Waals surface area contributed by atoms with Gasteiger partial charge in [0.25, 0.3) is 5.91 Å². The molecular formula is C15H21NO4. The van der Waals surface area contributed by atoms with Crippen molar-refractivity contribution in [1.82, 2.24) is 5.32 Å². The van der Waals surface area contributed by atoms with E-state index < -0.39 is 17.9 Å². The third kappa shape index (κ3) is 4.11. The minimum atomic E-state index is -0.670. The van der Waals surface area contributed by atoms with Crippen molar-refractivity contribution in [3.63, 3.8) is 0 Å². The van der Waals surface area contributed by atoms with Crippen LogP contribution in [0.15, 0.2) is 22.8 Å². The second kappa shape index (κ2) is 7.12. The molecule has 20 heavy (non-hydrogen) atoms. The van der Waals surface area contributed by atoms with Crippen LogP contribution in [0, 0.1) is 5.92 Å². The molecule has 2 rings (SSSR count). The van der Waals surface area contributed by atoms with Crippen LogP contribution in [0.4, 0.5) is 0 Å². The van der Waals surface area contributed by atoms with Gasteiger partial charge < -0.3 is 14.5 Å². The molecule has 1 aliphatic rings. The first-order chi connectivity index (χ1) is 9.66. The van der Waals surface area contributed by atoms with Gasteiger partial charge in [-0.05, 0) is 37.8 Å². The van der Waals surface area contributed by atoms with Crippen molar-refractivity contribution in [1.29, 1.82) is 0 Å². The van der Waals surface area contributed by atoms with Gasteiger partial charge >= 0.3 is 5.97 Å². The van der Waals surface area contributed by atoms with Crippen LogP contribution in [-0.2, 0) is 9.53 Å². The lowest BCUT2D eigenvalue weighted by Gasteiger charge is -2.22. The van der Waals surface area contributed by atoms with Crippen molar-refractivity contribution in [3.8, 4) is 0 Å². The first-order valence-corrected chi connectivity index (χ1v) is 7.18. The molecule has 1 unspecified atom stereocenters. The van der Waals surface area contributed by atoms with Gasteiger partial charge in [-0.25, -0.2) is 4.79 Å². The zero-order valence-corrected chi connectivity index (χ0v) is 11.8. The number of amides is 1. The van der Waals surface area contributed by atoms with Crippen molar-refractivity contribution < 1.29 is 18.7 Å². The van der Waals surface area contributed by atoms with Gasteiger partial charge in [0.1, 0.15) is 6.04 Å². The van der Waals surface area contributed by atoms with Crippen LogP contribution in [0.2, 0.25) is 0 Å². The smallest absolute Gasteiger partial charge is 0.328 e. The van der Waals surface area contributed by atoms with E-state index in [2.05, 4.69) is 5.32 Å². The van der Waals surface area contributed by atoms with Crippen LogP contribution in [0.5, 0.6) is 0 Å². The Kier molecular flexibility index (Phi) is 5.21. The second-order valence-corrected chi connectivity index (χ2v) is 5.31. The second-order valence-electron chi connectivity index (χ2n) is 5.31. The molecule has 1 saturated carbocycles. The molecule has 1 fully saturated rings. The molecule has 1 aromatic heterocycles. The van der Waals surface area contributed by atoms with Gasteiger partial charge in [0.05, 0.1) is 12.9 Å². The quantitative estimate of drug-likeness (QED) is 0.841. The van der Waals surface area contributed by atoms with E-state index in [0.717, 1.165) is 12.8 Å². The van der Waals surface area contributed by atoms with Gasteiger partial charge in [0, 0.05) is 0 Å². The van der Waals surface area contributed by atoms with Crippen LogP contribution in [-0.4, -0.2) is 24.5 Å². The molecule has 1 atom stereocenters. The van der Waals surface area contributed by atoms with Gasteiger partial charge in [-0.3, -0.25) is 4.79 Å². The lowest BCUT2D eigenvalue weighted by atomic mass is 9.90. The van der Waals surface area contributed by atoms with Gasteiger partial charge in [-0.15, -0.1) is 0 Å². The average Bonchev–Trinajstić information content (AvgIpc) is 3.00. The van der Waals surface area contributed by atoms with Gasteiger partial charge in [-0.2, -0.15) is 0 Å². The van der Waals surface area contributed by atoms with Crippen molar-refractivity contribution in [3.05, 3.63) is 24.2 Å². The summed E-state index contributed by atoms with van der Waals surface area (Å²) in [5.41, 5.74) is 0. The van der Waals surface area contributed by atoms with E-state index in [9.17, 15) is 9.59 Å². The van der Waals surface area contributed by atoms with Crippen LogP contribution < -0.4 is 5.32 Å². The number of ether oxygens (including phenoxy) is 1. The Morgan fingerprint density at radius 1 is 1.40 bits per heavy atom. The SMILES string of the molecule is CC(NC(=O)c1ccco1)C(=O)OCC1CCCCC1. The maximum Gasteiger partial charge on any atom is 0.328 e. The molecule has 0 saturated heterocycles. The van der Waals surface area contributed by atoms with Gasteiger partial charge in [-0.1, -0.05) is 19.3 Å². The first kappa shape index (κ1) is 14.6. The molecule has 110 valence electrons. The Bertz CT molecular complexity index is 435. The Morgan fingerprint density at radius 3 is 2.80 bits per heavy atom. The largest absolute Gasteiger partial charge is 0.464 e. The highest BCUT2D eigenvalue weighted by atomic mass is 16.5. The van der Waals surface area contributed by atoms with E-state index in [1.807, 2.05) is 0 Å². The van der Waals surface area contributed by atoms with E-state index in [-0.39, 0.29) is 5.76 Å². The monoisotopic (exact) mass is 279 g/mol. The highest BCUT2D eigenvalue weighted by molar-refractivity contribution is 5.94. The van der Waals surface area contributed by atoms with Crippen molar-refractivity contribution >= 4 is 11.9 Å². The molecule has 1 aliphatic carbocycles. The Morgan fingerprint density at radius 2 is 2.15 bits per heavy atom. The summed E-state index contributed by atoms with van der Waals surface area (Å²) in [7, 11) is 0. The molecule has 0 aromatic carbocycles. The summed E-state index contributed by atoms with van der Waals surface area (Å²) in [5.74, 6) is -0.134. The van der Waals surface area contributed by atoms with Crippen LogP contribution in [0.1, 0.15) is 49.6 Å². The molecule has 0 bridgehead atoms. The molecule has 1 amide bonds. The predicted molar refractivity (Wildman–Crippen MR) is 73.2 cm³/mol. The van der Waals surface area contributed by atoms with Crippen molar-refractivity contribution in [2.75, 3.05) is 6.61 Å². The van der Waals surface area contributed by atoms with Gasteiger partial charge in [0.15, 0.2) is 5.76 Å². The number of furan rings is 1. The van der Waals surface area contributed by atoms with E-state index in [4.69, 9.17) is 9.15 Å². The summed E-state index contributed by atoms with van der Waals surface area (Å²) >= 11 is 0. The fourth-order valence-corrected chi connectivity index (χ4v) is 2.41. The van der Waals surface area contributed by atoms with Crippen LogP contribution in [0.25, 0.3) is 0 Å². The summed E-state index contributed by atoms with van der Waals surface area (Å²) in [6.07, 6.45) is 7.38. The third-order valence-electron chi connectivity index (χ3n) is 3.63. The zero-order chi connectivity index (χ0) is 14.4. The number of rotatable bonds is 5. The van der Waals surface area contributed by atoms with E-state index >= 15 is 0 Å². The molecule has 5 nitrogen and oxygen atoms in total. The molecule has 0 spiro atoms. The lowest BCUT2D eigenvalue weighted by Crippen LogP contribution is -2.40. The van der Waals surface area contributed by atoms with E-state index in [1.54, 1.807) is 19.1 Å². The zero-order valence-electron chi connectivity index (χ0n) is 11.8. The van der Waals surface area contributed by atoms with Crippen LogP contribution in [0.3, 0.4) is 0 Å². The Hall–Kier alpha value is -1.78. The number of hydrogen-bond donors (Lipinski definition) is 1. The van der Waals surface area contributed by atoms with Crippen molar-refractivity contribution in [2.24, 2.45) is 5.92 Å². The molecule has 1 heterocycles. The molecule has 5 heteroatoms. The minimum absolute atomic E-state index is 0.192. The summed E-state index contributed by atoms with van der Waals surface area (Å²) in [6, 6.07) is 2.51. The van der Waals surface area contributed by atoms with E-state index in [1.165, 1.54) is 25.5 Å². The maximum atomic E-state index is 11.8. The van der Waals surface area contributed by atoms with Crippen LogP contribution >= 0.6 is 0 Å². The number of hydrogen-bond acceptors (Lipinski definition) is 4. The lowest BCUT2D eigenvalue weighted by molar-refractivity contribution is -0.147. The fourth-order valence-electron chi connectivity index (χ4n) is 2.41. The number of carbonyl (C=O) groups is 2. The minimum Gasteiger partial charge on any atom is -0.464 e. The molecule has 1 N–H and O–H groups in total. The fraction of sp³-hybridized carbons (Fsp3) is 0.600. The van der Waals surface area contributed by atoms with Gasteiger partial charge in [0.2, 0.25) is 0 Å². The normalized spacial score (nSPS) is 17.4. The Labute approximate surface area is 118 Å². The third-order valence-corrected chi connectivity index (χ3v) is 3.63. The average molecular weight is 279 g/mol. The standard InChI is InChI=1S/C15H21NO4/c1-11(16-14(17)13-8-5-9-19-13)15(18)20-10-12-6-3-2-4-7-12/h5,8-9,11-12H,2-4,6-7,10H2,1H3,(H,16,17). The predicted octanol–water partition coefficient (Wildman–Crippen LogP) is 2.52. The summed E-state index contributed by atoms with van der Waals surface area (Å²) in [5, 5.41) is 2.56. The topological polar surface area (TPSA) is 68.5 Å². The summed E-state index contributed by atoms with van der Waals surface area (Å²) in [6.45, 7) is 2.07. The first-order valence-electron chi connectivity index (χ1n) is 7.18. The molecule has 1 aromatic rings. The number of nitrogens with one attached hydrogen (secondary N) is 1. The molecule has 0 aliphatic heterocycles. The molecule has 0 radical (unpaired) electrons. The summed E-state index contributed by atoms with van der Waals surface area (Å²) < 4.78 is 10.2. The maximum absolute atomic E-state index is 11.8. The van der Waals surface area contributed by atoms with E-state index in [0.29, 0.717) is 12.5 Å². The van der Waals surface area contributed by atoms with Crippen molar-refractivity contribution in [2.45, 2.75) is 45.1 Å².